The molecule has 0 spiro atoms. The number of hydrogen-bond donors (Lipinski definition) is 0. The van der Waals surface area contributed by atoms with Crippen LogP contribution in [0.4, 0.5) is 0 Å². The average Bonchev–Trinajstić information content (AvgIpc) is 2.71. The highest BCUT2D eigenvalue weighted by atomic mass is 35.5. The zero-order valence-electron chi connectivity index (χ0n) is 9.24. The Morgan fingerprint density at radius 1 is 1.44 bits per heavy atom. The molecule has 0 N–H and O–H groups in total. The smallest absolute Gasteiger partial charge is 0.138 e. The number of nitrogens with zero attached hydrogens (tertiary/aromatic N) is 1. The van der Waals surface area contributed by atoms with Crippen molar-refractivity contribution in [2.75, 3.05) is 0 Å². The van der Waals surface area contributed by atoms with Crippen molar-refractivity contribution in [2.45, 2.75) is 32.3 Å². The summed E-state index contributed by atoms with van der Waals surface area (Å²) in [4.78, 5) is 0. The number of aryl methyl sites for hydroxylation is 1. The first-order valence-electron chi connectivity index (χ1n) is 5.53. The Morgan fingerprint density at radius 3 is 3.00 bits per heavy atom. The number of ether oxygens (including phenoxy) is 1. The second-order valence-corrected chi connectivity index (χ2v) is 4.66. The van der Waals surface area contributed by atoms with E-state index in [1.165, 1.54) is 0 Å². The first-order valence-corrected chi connectivity index (χ1v) is 5.91. The predicted molar refractivity (Wildman–Crippen MR) is 63.6 cm³/mol. The molecule has 0 radical (unpaired) electrons. The molecule has 1 saturated carbocycles. The van der Waals surface area contributed by atoms with E-state index < -0.39 is 0 Å². The second-order valence-electron chi connectivity index (χ2n) is 4.26. The Kier molecular flexibility index (Phi) is 3.36. The number of benzene rings is 1. The summed E-state index contributed by atoms with van der Waals surface area (Å²) in [5, 5.41) is 9.59. The fourth-order valence-corrected chi connectivity index (χ4v) is 2.24. The molecular formula is C13H14ClNO. The topological polar surface area (TPSA) is 33.0 Å². The van der Waals surface area contributed by atoms with E-state index in [4.69, 9.17) is 21.6 Å². The summed E-state index contributed by atoms with van der Waals surface area (Å²) in [6.07, 6.45) is 2.95. The number of halogens is 1. The van der Waals surface area contributed by atoms with Crippen molar-refractivity contribution in [3.63, 3.8) is 0 Å². The lowest BCUT2D eigenvalue weighted by Gasteiger charge is -2.17. The summed E-state index contributed by atoms with van der Waals surface area (Å²) in [5.74, 6) is 0.713. The third-order valence-corrected chi connectivity index (χ3v) is 3.30. The van der Waals surface area contributed by atoms with Gasteiger partial charge < -0.3 is 4.74 Å². The van der Waals surface area contributed by atoms with E-state index in [2.05, 4.69) is 6.07 Å². The minimum Gasteiger partial charge on any atom is -0.487 e. The Hall–Kier alpha value is -1.20. The third-order valence-electron chi connectivity index (χ3n) is 2.98. The predicted octanol–water partition coefficient (Wildman–Crippen LogP) is 3.72. The second kappa shape index (κ2) is 4.76. The fraction of sp³-hybridized carbons (Fsp3) is 0.462. The molecule has 0 heterocycles. The van der Waals surface area contributed by atoms with E-state index in [1.54, 1.807) is 0 Å². The Balaban J connectivity index is 2.14. The molecule has 1 aromatic carbocycles. The van der Waals surface area contributed by atoms with E-state index >= 15 is 0 Å². The monoisotopic (exact) mass is 235 g/mol. The van der Waals surface area contributed by atoms with Crippen molar-refractivity contribution in [3.05, 3.63) is 28.8 Å². The molecule has 2 atom stereocenters. The molecule has 16 heavy (non-hydrogen) atoms. The fourth-order valence-electron chi connectivity index (χ4n) is 2.08. The van der Waals surface area contributed by atoms with Gasteiger partial charge in [0.2, 0.25) is 0 Å². The van der Waals surface area contributed by atoms with Crippen LogP contribution >= 0.6 is 11.6 Å². The van der Waals surface area contributed by atoms with Crippen LogP contribution in [0.1, 0.15) is 24.8 Å². The van der Waals surface area contributed by atoms with Gasteiger partial charge in [0.1, 0.15) is 11.9 Å². The van der Waals surface area contributed by atoms with Gasteiger partial charge in [-0.2, -0.15) is 5.26 Å². The molecule has 84 valence electrons. The zero-order valence-corrected chi connectivity index (χ0v) is 10.00. The Labute approximate surface area is 101 Å². The third kappa shape index (κ3) is 2.31. The normalized spacial score (nSPS) is 24.1. The van der Waals surface area contributed by atoms with Gasteiger partial charge in [-0.15, -0.1) is 0 Å². The van der Waals surface area contributed by atoms with Crippen LogP contribution in [0.25, 0.3) is 0 Å². The standard InChI is InChI=1S/C13H14ClNO/c1-9-5-6-11(14)13(7-9)16-12-4-2-3-10(12)8-15/h5-7,10,12H,2-4H2,1H3. The van der Waals surface area contributed by atoms with Crippen molar-refractivity contribution in [1.82, 2.24) is 0 Å². The van der Waals surface area contributed by atoms with Crippen LogP contribution in [0, 0.1) is 24.2 Å². The molecule has 0 bridgehead atoms. The van der Waals surface area contributed by atoms with Crippen molar-refractivity contribution in [3.8, 4) is 11.8 Å². The van der Waals surface area contributed by atoms with Crippen molar-refractivity contribution >= 4 is 11.6 Å². The highest BCUT2D eigenvalue weighted by molar-refractivity contribution is 6.32. The van der Waals surface area contributed by atoms with Gasteiger partial charge in [-0.3, -0.25) is 0 Å². The van der Waals surface area contributed by atoms with Crippen LogP contribution in [0.3, 0.4) is 0 Å². The van der Waals surface area contributed by atoms with Crippen LogP contribution in [0.15, 0.2) is 18.2 Å². The minimum atomic E-state index is 0.00398. The van der Waals surface area contributed by atoms with E-state index in [0.29, 0.717) is 10.8 Å². The lowest BCUT2D eigenvalue weighted by molar-refractivity contribution is 0.182. The van der Waals surface area contributed by atoms with Crippen LogP contribution in [-0.2, 0) is 0 Å². The molecule has 2 nitrogen and oxygen atoms in total. The van der Waals surface area contributed by atoms with Gasteiger partial charge >= 0.3 is 0 Å². The van der Waals surface area contributed by atoms with Gasteiger partial charge in [-0.25, -0.2) is 0 Å². The molecular weight excluding hydrogens is 222 g/mol. The Morgan fingerprint density at radius 2 is 2.25 bits per heavy atom. The summed E-state index contributed by atoms with van der Waals surface area (Å²) in [7, 11) is 0. The summed E-state index contributed by atoms with van der Waals surface area (Å²) in [6.45, 7) is 2.00. The van der Waals surface area contributed by atoms with Gasteiger partial charge in [0.15, 0.2) is 0 Å². The molecule has 2 rings (SSSR count). The van der Waals surface area contributed by atoms with E-state index in [-0.39, 0.29) is 12.0 Å². The van der Waals surface area contributed by atoms with Crippen molar-refractivity contribution < 1.29 is 4.74 Å². The molecule has 0 aromatic heterocycles. The summed E-state index contributed by atoms with van der Waals surface area (Å²) in [6, 6.07) is 8.01. The van der Waals surface area contributed by atoms with Crippen molar-refractivity contribution in [2.24, 2.45) is 5.92 Å². The van der Waals surface area contributed by atoms with Crippen LogP contribution < -0.4 is 4.74 Å². The largest absolute Gasteiger partial charge is 0.487 e. The summed E-state index contributed by atoms with van der Waals surface area (Å²) >= 11 is 6.06. The first kappa shape index (κ1) is 11.3. The maximum Gasteiger partial charge on any atom is 0.138 e. The highest BCUT2D eigenvalue weighted by Gasteiger charge is 2.29. The molecule has 0 amide bonds. The van der Waals surface area contributed by atoms with Gasteiger partial charge in [-0.1, -0.05) is 17.7 Å². The molecule has 1 fully saturated rings. The quantitative estimate of drug-likeness (QED) is 0.783. The summed E-state index contributed by atoms with van der Waals surface area (Å²) in [5.41, 5.74) is 1.12. The minimum absolute atomic E-state index is 0.00398. The maximum atomic E-state index is 8.98. The van der Waals surface area contributed by atoms with Crippen LogP contribution in [0.2, 0.25) is 5.02 Å². The number of nitriles is 1. The molecule has 0 saturated heterocycles. The molecule has 3 heteroatoms. The van der Waals surface area contributed by atoms with E-state index in [1.807, 2.05) is 25.1 Å². The molecule has 1 aliphatic carbocycles. The molecule has 0 aliphatic heterocycles. The maximum absolute atomic E-state index is 8.98. The van der Waals surface area contributed by atoms with Gasteiger partial charge in [0.05, 0.1) is 17.0 Å². The van der Waals surface area contributed by atoms with E-state index in [0.717, 1.165) is 24.8 Å². The molecule has 1 aliphatic rings. The number of hydrogen-bond acceptors (Lipinski definition) is 2. The van der Waals surface area contributed by atoms with Gasteiger partial charge in [-0.05, 0) is 43.9 Å². The molecule has 1 aromatic rings. The Bertz CT molecular complexity index is 424. The van der Waals surface area contributed by atoms with E-state index in [9.17, 15) is 0 Å². The van der Waals surface area contributed by atoms with Crippen LogP contribution in [-0.4, -0.2) is 6.10 Å². The summed E-state index contributed by atoms with van der Waals surface area (Å²) < 4.78 is 5.84. The lowest BCUT2D eigenvalue weighted by atomic mass is 10.1. The van der Waals surface area contributed by atoms with Crippen molar-refractivity contribution in [1.29, 1.82) is 5.26 Å². The highest BCUT2D eigenvalue weighted by Crippen LogP contribution is 2.33. The lowest BCUT2D eigenvalue weighted by Crippen LogP contribution is -2.20. The van der Waals surface area contributed by atoms with Gasteiger partial charge in [0.25, 0.3) is 0 Å². The average molecular weight is 236 g/mol. The SMILES string of the molecule is Cc1ccc(Cl)c(OC2CCCC2C#N)c1. The zero-order chi connectivity index (χ0) is 11.5. The first-order chi connectivity index (χ1) is 7.70. The van der Waals surface area contributed by atoms with Gasteiger partial charge in [0, 0.05) is 0 Å². The number of rotatable bonds is 2. The molecule has 2 unspecified atom stereocenters. The van der Waals surface area contributed by atoms with Crippen LogP contribution in [0.5, 0.6) is 5.75 Å².